The Labute approximate surface area is 127 Å². The van der Waals surface area contributed by atoms with E-state index in [0.717, 1.165) is 36.4 Å². The fraction of sp³-hybridized carbons (Fsp3) is 0.588. The second kappa shape index (κ2) is 8.03. The Balaban J connectivity index is 1.82. The molecule has 0 saturated carbocycles. The molecule has 1 aromatic rings. The summed E-state index contributed by atoms with van der Waals surface area (Å²) in [5, 5.41) is 6.30. The highest BCUT2D eigenvalue weighted by molar-refractivity contribution is 5.96. The summed E-state index contributed by atoms with van der Waals surface area (Å²) in [6.45, 7) is 8.98. The van der Waals surface area contributed by atoms with E-state index in [2.05, 4.69) is 22.5 Å². The van der Waals surface area contributed by atoms with Gasteiger partial charge < -0.3 is 15.5 Å². The smallest absolute Gasteiger partial charge is 0.251 e. The first-order valence-corrected chi connectivity index (χ1v) is 8.06. The molecule has 2 rings (SSSR count). The summed E-state index contributed by atoms with van der Waals surface area (Å²) in [5.41, 5.74) is 2.86. The van der Waals surface area contributed by atoms with Gasteiger partial charge in [0.25, 0.3) is 5.91 Å². The number of hydrogen-bond acceptors (Lipinski definition) is 3. The molecule has 0 bridgehead atoms. The molecule has 1 fully saturated rings. The zero-order valence-electron chi connectivity index (χ0n) is 13.2. The zero-order valence-corrected chi connectivity index (χ0v) is 13.2. The van der Waals surface area contributed by atoms with Gasteiger partial charge in [-0.1, -0.05) is 6.42 Å². The Morgan fingerprint density at radius 3 is 2.67 bits per heavy atom. The van der Waals surface area contributed by atoms with Crippen LogP contribution in [0.25, 0.3) is 0 Å². The highest BCUT2D eigenvalue weighted by Gasteiger charge is 2.12. The van der Waals surface area contributed by atoms with Crippen molar-refractivity contribution in [3.63, 3.8) is 0 Å². The summed E-state index contributed by atoms with van der Waals surface area (Å²) >= 11 is 0. The summed E-state index contributed by atoms with van der Waals surface area (Å²) in [6.07, 6.45) is 3.93. The molecule has 1 aliphatic rings. The van der Waals surface area contributed by atoms with E-state index in [1.54, 1.807) is 0 Å². The molecule has 1 aliphatic heterocycles. The maximum absolute atomic E-state index is 12.2. The molecule has 0 unspecified atom stereocenters. The van der Waals surface area contributed by atoms with Gasteiger partial charge in [0.15, 0.2) is 0 Å². The van der Waals surface area contributed by atoms with Crippen LogP contribution in [-0.4, -0.2) is 43.5 Å². The quantitative estimate of drug-likeness (QED) is 0.846. The van der Waals surface area contributed by atoms with Gasteiger partial charge in [-0.2, -0.15) is 0 Å². The van der Waals surface area contributed by atoms with E-state index in [4.69, 9.17) is 0 Å². The van der Waals surface area contributed by atoms with Crippen molar-refractivity contribution in [1.82, 2.24) is 10.2 Å². The van der Waals surface area contributed by atoms with Crippen molar-refractivity contribution in [2.75, 3.05) is 38.0 Å². The predicted molar refractivity (Wildman–Crippen MR) is 88.0 cm³/mol. The number of nitrogens with one attached hydrogen (secondary N) is 2. The third-order valence-corrected chi connectivity index (χ3v) is 4.01. The number of piperidine rings is 1. The molecule has 1 aromatic carbocycles. The second-order valence-corrected chi connectivity index (χ2v) is 5.72. The number of carbonyl (C=O) groups excluding carboxylic acids is 1. The van der Waals surface area contributed by atoms with Crippen molar-refractivity contribution in [1.29, 1.82) is 0 Å². The Kier molecular flexibility index (Phi) is 6.05. The fourth-order valence-electron chi connectivity index (χ4n) is 2.84. The molecule has 116 valence electrons. The molecule has 0 aromatic heterocycles. The zero-order chi connectivity index (χ0) is 15.1. The van der Waals surface area contributed by atoms with Gasteiger partial charge in [-0.15, -0.1) is 0 Å². The van der Waals surface area contributed by atoms with Crippen LogP contribution in [0.15, 0.2) is 18.2 Å². The molecule has 1 heterocycles. The molecule has 1 amide bonds. The van der Waals surface area contributed by atoms with E-state index in [-0.39, 0.29) is 5.91 Å². The Bertz CT molecular complexity index is 467. The number of hydrogen-bond donors (Lipinski definition) is 2. The monoisotopic (exact) mass is 289 g/mol. The van der Waals surface area contributed by atoms with Gasteiger partial charge in [0, 0.05) is 30.9 Å². The molecule has 1 saturated heterocycles. The van der Waals surface area contributed by atoms with E-state index >= 15 is 0 Å². The van der Waals surface area contributed by atoms with Crippen molar-refractivity contribution in [3.8, 4) is 0 Å². The van der Waals surface area contributed by atoms with Gasteiger partial charge in [0.05, 0.1) is 0 Å². The number of rotatable bonds is 6. The molecule has 0 spiro atoms. The molecule has 0 aliphatic carbocycles. The molecular weight excluding hydrogens is 262 g/mol. The van der Waals surface area contributed by atoms with Crippen LogP contribution >= 0.6 is 0 Å². The van der Waals surface area contributed by atoms with Crippen LogP contribution < -0.4 is 10.6 Å². The number of benzene rings is 1. The number of amides is 1. The van der Waals surface area contributed by atoms with Crippen LogP contribution in [0.2, 0.25) is 0 Å². The molecule has 21 heavy (non-hydrogen) atoms. The minimum absolute atomic E-state index is 0.0348. The predicted octanol–water partition coefficient (Wildman–Crippen LogP) is 2.64. The minimum atomic E-state index is 0.0348. The standard InChI is InChI=1S/C17H27N3O/c1-3-18-15-7-8-16(14(2)13-15)17(21)19-9-12-20-10-5-4-6-11-20/h7-8,13,18H,3-6,9-12H2,1-2H3,(H,19,21). The molecular formula is C17H27N3O. The SMILES string of the molecule is CCNc1ccc(C(=O)NCCN2CCCCC2)c(C)c1. The first-order chi connectivity index (χ1) is 10.2. The van der Waals surface area contributed by atoms with Gasteiger partial charge in [-0.05, 0) is 63.5 Å². The minimum Gasteiger partial charge on any atom is -0.385 e. The Morgan fingerprint density at radius 2 is 2.00 bits per heavy atom. The highest BCUT2D eigenvalue weighted by atomic mass is 16.1. The van der Waals surface area contributed by atoms with Crippen LogP contribution in [0, 0.1) is 6.92 Å². The summed E-state index contributed by atoms with van der Waals surface area (Å²) in [6, 6.07) is 5.91. The number of aryl methyl sites for hydroxylation is 1. The Hall–Kier alpha value is -1.55. The van der Waals surface area contributed by atoms with Crippen molar-refractivity contribution >= 4 is 11.6 Å². The van der Waals surface area contributed by atoms with Crippen LogP contribution in [0.1, 0.15) is 42.1 Å². The molecule has 2 N–H and O–H groups in total. The van der Waals surface area contributed by atoms with Crippen LogP contribution in [0.3, 0.4) is 0 Å². The summed E-state index contributed by atoms with van der Waals surface area (Å²) < 4.78 is 0. The van der Waals surface area contributed by atoms with Gasteiger partial charge in [-0.3, -0.25) is 4.79 Å². The van der Waals surface area contributed by atoms with E-state index in [0.29, 0.717) is 0 Å². The van der Waals surface area contributed by atoms with Crippen molar-refractivity contribution < 1.29 is 4.79 Å². The third kappa shape index (κ3) is 4.74. The number of carbonyl (C=O) groups is 1. The number of nitrogens with zero attached hydrogens (tertiary/aromatic N) is 1. The highest BCUT2D eigenvalue weighted by Crippen LogP contribution is 2.15. The lowest BCUT2D eigenvalue weighted by atomic mass is 10.1. The molecule has 0 radical (unpaired) electrons. The van der Waals surface area contributed by atoms with E-state index in [1.165, 1.54) is 32.4 Å². The lowest BCUT2D eigenvalue weighted by molar-refractivity contribution is 0.0946. The van der Waals surface area contributed by atoms with Crippen molar-refractivity contribution in [2.45, 2.75) is 33.1 Å². The number of anilines is 1. The van der Waals surface area contributed by atoms with Gasteiger partial charge in [-0.25, -0.2) is 0 Å². The topological polar surface area (TPSA) is 44.4 Å². The van der Waals surface area contributed by atoms with Gasteiger partial charge >= 0.3 is 0 Å². The summed E-state index contributed by atoms with van der Waals surface area (Å²) in [7, 11) is 0. The van der Waals surface area contributed by atoms with Gasteiger partial charge in [0.1, 0.15) is 0 Å². The summed E-state index contributed by atoms with van der Waals surface area (Å²) in [5.74, 6) is 0.0348. The maximum atomic E-state index is 12.2. The third-order valence-electron chi connectivity index (χ3n) is 4.01. The maximum Gasteiger partial charge on any atom is 0.251 e. The van der Waals surface area contributed by atoms with Crippen molar-refractivity contribution in [2.24, 2.45) is 0 Å². The molecule has 0 atom stereocenters. The van der Waals surface area contributed by atoms with Crippen LogP contribution in [0.5, 0.6) is 0 Å². The second-order valence-electron chi connectivity index (χ2n) is 5.72. The average Bonchev–Trinajstić information content (AvgIpc) is 2.48. The van der Waals surface area contributed by atoms with Crippen LogP contribution in [0.4, 0.5) is 5.69 Å². The summed E-state index contributed by atoms with van der Waals surface area (Å²) in [4.78, 5) is 14.7. The lowest BCUT2D eigenvalue weighted by Crippen LogP contribution is -2.37. The molecule has 4 heteroatoms. The van der Waals surface area contributed by atoms with Gasteiger partial charge in [0.2, 0.25) is 0 Å². The average molecular weight is 289 g/mol. The first-order valence-electron chi connectivity index (χ1n) is 8.06. The lowest BCUT2D eigenvalue weighted by Gasteiger charge is -2.26. The van der Waals surface area contributed by atoms with E-state index in [9.17, 15) is 4.79 Å². The van der Waals surface area contributed by atoms with Crippen molar-refractivity contribution in [3.05, 3.63) is 29.3 Å². The first kappa shape index (κ1) is 15.8. The van der Waals surface area contributed by atoms with Crippen LogP contribution in [-0.2, 0) is 0 Å². The largest absolute Gasteiger partial charge is 0.385 e. The normalized spacial score (nSPS) is 15.7. The fourth-order valence-corrected chi connectivity index (χ4v) is 2.84. The Morgan fingerprint density at radius 1 is 1.24 bits per heavy atom. The van der Waals surface area contributed by atoms with E-state index < -0.39 is 0 Å². The molecule has 4 nitrogen and oxygen atoms in total. The van der Waals surface area contributed by atoms with E-state index in [1.807, 2.05) is 25.1 Å². The number of likely N-dealkylation sites (tertiary alicyclic amines) is 1.